The number of guanidine groups is 1. The van der Waals surface area contributed by atoms with Crippen LogP contribution >= 0.6 is 24.0 Å². The van der Waals surface area contributed by atoms with Crippen LogP contribution in [0.5, 0.6) is 0 Å². The lowest BCUT2D eigenvalue weighted by atomic mass is 9.99. The Morgan fingerprint density at radius 3 is 2.56 bits per heavy atom. The summed E-state index contributed by atoms with van der Waals surface area (Å²) in [5.41, 5.74) is 1.40. The molecule has 3 rings (SSSR count). The molecule has 2 aliphatic rings. The van der Waals surface area contributed by atoms with Gasteiger partial charge in [0.2, 0.25) is 0 Å². The van der Waals surface area contributed by atoms with Crippen molar-refractivity contribution in [3.05, 3.63) is 35.9 Å². The molecule has 1 unspecified atom stereocenters. The number of rotatable bonds is 5. The summed E-state index contributed by atoms with van der Waals surface area (Å²) in [7, 11) is -0.967. The highest BCUT2D eigenvalue weighted by Crippen LogP contribution is 2.20. The van der Waals surface area contributed by atoms with Crippen LogP contribution in [0.3, 0.4) is 0 Å². The highest BCUT2D eigenvalue weighted by molar-refractivity contribution is 14.0. The second kappa shape index (κ2) is 10.6. The average Bonchev–Trinajstić information content (AvgIpc) is 3.09. The van der Waals surface area contributed by atoms with E-state index in [2.05, 4.69) is 50.4 Å². The zero-order chi connectivity index (χ0) is 18.4. The van der Waals surface area contributed by atoms with Crippen molar-refractivity contribution >= 4 is 39.8 Å². The monoisotopic (exact) mass is 506 g/mol. The molecule has 0 amide bonds. The van der Waals surface area contributed by atoms with Crippen LogP contribution in [0.1, 0.15) is 12.0 Å². The summed E-state index contributed by atoms with van der Waals surface area (Å²) in [5.74, 6) is 2.21. The first-order valence-corrected chi connectivity index (χ1v) is 11.3. The Bertz CT molecular complexity index is 698. The van der Waals surface area contributed by atoms with E-state index < -0.39 is 9.84 Å². The maximum atomic E-state index is 11.5. The predicted molar refractivity (Wildman–Crippen MR) is 122 cm³/mol. The van der Waals surface area contributed by atoms with Crippen LogP contribution in [0.15, 0.2) is 35.3 Å². The molecule has 8 heteroatoms. The van der Waals surface area contributed by atoms with Gasteiger partial charge in [0.15, 0.2) is 15.8 Å². The lowest BCUT2D eigenvalue weighted by Gasteiger charge is -2.28. The minimum absolute atomic E-state index is 0. The van der Waals surface area contributed by atoms with E-state index in [1.54, 1.807) is 0 Å². The van der Waals surface area contributed by atoms with Crippen molar-refractivity contribution in [3.8, 4) is 0 Å². The summed E-state index contributed by atoms with van der Waals surface area (Å²) < 4.78 is 23.0. The first-order chi connectivity index (χ1) is 12.6. The van der Waals surface area contributed by atoms with Gasteiger partial charge >= 0.3 is 0 Å². The smallest absolute Gasteiger partial charge is 0.193 e. The first-order valence-electron chi connectivity index (χ1n) is 9.48. The lowest BCUT2D eigenvalue weighted by molar-refractivity contribution is 0.298. The van der Waals surface area contributed by atoms with Gasteiger partial charge in [-0.1, -0.05) is 30.3 Å². The Labute approximate surface area is 180 Å². The maximum Gasteiger partial charge on any atom is 0.193 e. The normalized spacial score (nSPS) is 23.1. The van der Waals surface area contributed by atoms with Gasteiger partial charge in [0, 0.05) is 46.3 Å². The maximum absolute atomic E-state index is 11.5. The molecule has 1 aromatic carbocycles. The van der Waals surface area contributed by atoms with E-state index in [1.165, 1.54) is 12.0 Å². The van der Waals surface area contributed by atoms with E-state index >= 15 is 0 Å². The number of hydrogen-bond donors (Lipinski definition) is 1. The lowest BCUT2D eigenvalue weighted by Crippen LogP contribution is -2.46. The van der Waals surface area contributed by atoms with Crippen LogP contribution in [-0.4, -0.2) is 82.0 Å². The molecule has 2 fully saturated rings. The number of nitrogens with zero attached hydrogens (tertiary/aromatic N) is 3. The minimum atomic E-state index is -2.80. The van der Waals surface area contributed by atoms with E-state index in [1.807, 2.05) is 7.05 Å². The van der Waals surface area contributed by atoms with Gasteiger partial charge in [-0.25, -0.2) is 8.42 Å². The van der Waals surface area contributed by atoms with Crippen LogP contribution in [0, 0.1) is 5.92 Å². The zero-order valence-electron chi connectivity index (χ0n) is 16.0. The molecule has 0 aliphatic carbocycles. The number of likely N-dealkylation sites (tertiary alicyclic amines) is 1. The number of halogens is 1. The molecule has 6 nitrogen and oxygen atoms in total. The highest BCUT2D eigenvalue weighted by Gasteiger charge is 2.25. The standard InChI is InChI=1S/C19H30N4O2S.HI/c1-20-19(21-8-10-22-11-13-26(24,25)14-12-22)23-9-7-18(16-23)15-17-5-3-2-4-6-17;/h2-6,18H,7-16H2,1H3,(H,20,21);1H. The third-order valence-electron chi connectivity index (χ3n) is 5.31. The number of sulfone groups is 1. The fourth-order valence-electron chi connectivity index (χ4n) is 3.77. The van der Waals surface area contributed by atoms with Crippen LogP contribution in [0.2, 0.25) is 0 Å². The highest BCUT2D eigenvalue weighted by atomic mass is 127. The second-order valence-corrected chi connectivity index (χ2v) is 9.56. The van der Waals surface area contributed by atoms with Gasteiger partial charge in [-0.2, -0.15) is 0 Å². The fraction of sp³-hybridized carbons (Fsp3) is 0.632. The summed E-state index contributed by atoms with van der Waals surface area (Å²) >= 11 is 0. The van der Waals surface area contributed by atoms with E-state index in [-0.39, 0.29) is 35.5 Å². The molecule has 1 atom stereocenters. The molecule has 0 bridgehead atoms. The topological polar surface area (TPSA) is 65.0 Å². The second-order valence-electron chi connectivity index (χ2n) is 7.26. The zero-order valence-corrected chi connectivity index (χ0v) is 19.2. The van der Waals surface area contributed by atoms with Gasteiger partial charge in [-0.15, -0.1) is 24.0 Å². The van der Waals surface area contributed by atoms with Crippen molar-refractivity contribution in [1.29, 1.82) is 0 Å². The van der Waals surface area contributed by atoms with Gasteiger partial charge in [0.05, 0.1) is 11.5 Å². The van der Waals surface area contributed by atoms with Crippen LogP contribution in [0.4, 0.5) is 0 Å². The van der Waals surface area contributed by atoms with Crippen LogP contribution in [0.25, 0.3) is 0 Å². The number of hydrogen-bond acceptors (Lipinski definition) is 4. The van der Waals surface area contributed by atoms with Crippen molar-refractivity contribution in [2.24, 2.45) is 10.9 Å². The summed E-state index contributed by atoms with van der Waals surface area (Å²) in [4.78, 5) is 8.99. The summed E-state index contributed by atoms with van der Waals surface area (Å²) in [6.07, 6.45) is 2.32. The molecule has 2 aliphatic heterocycles. The Kier molecular flexibility index (Phi) is 8.81. The summed E-state index contributed by atoms with van der Waals surface area (Å²) in [6.45, 7) is 5.02. The summed E-state index contributed by atoms with van der Waals surface area (Å²) in [5, 5.41) is 3.45. The average molecular weight is 506 g/mol. The molecular weight excluding hydrogens is 475 g/mol. The molecule has 0 radical (unpaired) electrons. The predicted octanol–water partition coefficient (Wildman–Crippen LogP) is 1.47. The molecular formula is C19H31IN4O2S. The van der Waals surface area contributed by atoms with E-state index in [9.17, 15) is 8.42 Å². The molecule has 2 saturated heterocycles. The van der Waals surface area contributed by atoms with Gasteiger partial charge < -0.3 is 10.2 Å². The third kappa shape index (κ3) is 6.90. The molecule has 1 aromatic rings. The molecule has 27 heavy (non-hydrogen) atoms. The third-order valence-corrected chi connectivity index (χ3v) is 6.92. The molecule has 0 saturated carbocycles. The van der Waals surface area contributed by atoms with Gasteiger partial charge in [-0.3, -0.25) is 9.89 Å². The largest absolute Gasteiger partial charge is 0.355 e. The van der Waals surface area contributed by atoms with Gasteiger partial charge in [-0.05, 0) is 24.3 Å². The number of benzene rings is 1. The van der Waals surface area contributed by atoms with E-state index in [4.69, 9.17) is 0 Å². The van der Waals surface area contributed by atoms with Crippen molar-refractivity contribution in [2.45, 2.75) is 12.8 Å². The Balaban J connectivity index is 0.00000261. The quantitative estimate of drug-likeness (QED) is 0.373. The molecule has 0 aromatic heterocycles. The van der Waals surface area contributed by atoms with E-state index in [0.29, 0.717) is 19.0 Å². The molecule has 2 heterocycles. The van der Waals surface area contributed by atoms with Crippen LogP contribution in [-0.2, 0) is 16.3 Å². The Morgan fingerprint density at radius 2 is 1.89 bits per heavy atom. The fourth-order valence-corrected chi connectivity index (χ4v) is 5.05. The van der Waals surface area contributed by atoms with Gasteiger partial charge in [0.25, 0.3) is 0 Å². The SMILES string of the molecule is CN=C(NCCN1CCS(=O)(=O)CC1)N1CCC(Cc2ccccc2)C1.I. The molecule has 1 N–H and O–H groups in total. The minimum Gasteiger partial charge on any atom is -0.355 e. The van der Waals surface area contributed by atoms with Gasteiger partial charge in [0.1, 0.15) is 0 Å². The first kappa shape index (κ1) is 22.4. The van der Waals surface area contributed by atoms with Crippen LogP contribution < -0.4 is 5.32 Å². The number of aliphatic imine (C=N–C) groups is 1. The van der Waals surface area contributed by atoms with Crippen molar-refractivity contribution in [3.63, 3.8) is 0 Å². The Morgan fingerprint density at radius 1 is 1.19 bits per heavy atom. The molecule has 0 spiro atoms. The van der Waals surface area contributed by atoms with Crippen molar-refractivity contribution in [1.82, 2.24) is 15.1 Å². The Hall–Kier alpha value is -0.870. The van der Waals surface area contributed by atoms with Crippen molar-refractivity contribution < 1.29 is 8.42 Å². The van der Waals surface area contributed by atoms with Crippen molar-refractivity contribution in [2.75, 3.05) is 57.8 Å². The number of nitrogens with one attached hydrogen (secondary N) is 1. The summed E-state index contributed by atoms with van der Waals surface area (Å²) in [6, 6.07) is 10.7. The van der Waals surface area contributed by atoms with E-state index in [0.717, 1.165) is 38.6 Å². The molecule has 152 valence electrons.